The zero-order valence-electron chi connectivity index (χ0n) is 18.0. The first-order valence-corrected chi connectivity index (χ1v) is 11.1. The first kappa shape index (κ1) is 20.9. The molecule has 3 heterocycles. The van der Waals surface area contributed by atoms with E-state index in [4.69, 9.17) is 19.8 Å². The summed E-state index contributed by atoms with van der Waals surface area (Å²) in [5.41, 5.74) is 0.934. The summed E-state index contributed by atoms with van der Waals surface area (Å²) in [5.74, 6) is 3.21. The number of carbonyl (C=O) groups is 1. The highest BCUT2D eigenvalue weighted by Gasteiger charge is 2.25. The normalized spacial score (nSPS) is 19.8. The Kier molecular flexibility index (Phi) is 5.88. The zero-order valence-corrected chi connectivity index (χ0v) is 18.0. The van der Waals surface area contributed by atoms with Crippen molar-refractivity contribution in [1.29, 1.82) is 0 Å². The van der Waals surface area contributed by atoms with Crippen molar-refractivity contribution in [1.82, 2.24) is 25.3 Å². The summed E-state index contributed by atoms with van der Waals surface area (Å²) in [6, 6.07) is 11.9. The quantitative estimate of drug-likeness (QED) is 0.539. The molecule has 1 aromatic carbocycles. The summed E-state index contributed by atoms with van der Waals surface area (Å²) < 4.78 is 5.78. The molecule has 1 saturated carbocycles. The first-order valence-electron chi connectivity index (χ1n) is 11.1. The van der Waals surface area contributed by atoms with Gasteiger partial charge in [0.15, 0.2) is 17.4 Å². The summed E-state index contributed by atoms with van der Waals surface area (Å²) >= 11 is 0. The van der Waals surface area contributed by atoms with Gasteiger partial charge in [0.05, 0.1) is 12.7 Å². The van der Waals surface area contributed by atoms with Gasteiger partial charge in [-0.1, -0.05) is 30.3 Å². The maximum atomic E-state index is 10.8. The van der Waals surface area contributed by atoms with Gasteiger partial charge in [0.2, 0.25) is 5.95 Å². The number of aromatic nitrogens is 4. The van der Waals surface area contributed by atoms with Crippen LogP contribution < -0.4 is 20.3 Å². The average Bonchev–Trinajstić information content (AvgIpc) is 2.85. The van der Waals surface area contributed by atoms with Crippen molar-refractivity contribution < 1.29 is 14.6 Å². The lowest BCUT2D eigenvalue weighted by Gasteiger charge is -2.30. The highest BCUT2D eigenvalue weighted by Crippen LogP contribution is 2.35. The van der Waals surface area contributed by atoms with Crippen LogP contribution in [0.2, 0.25) is 0 Å². The van der Waals surface area contributed by atoms with Gasteiger partial charge < -0.3 is 25.4 Å². The molecule has 0 spiro atoms. The zero-order chi connectivity index (χ0) is 22.6. The molecule has 2 aliphatic rings. The lowest BCUT2D eigenvalue weighted by molar-refractivity contribution is 0.185. The Labute approximate surface area is 191 Å². The van der Waals surface area contributed by atoms with Crippen LogP contribution in [0, 0.1) is 0 Å². The Morgan fingerprint density at radius 2 is 1.82 bits per heavy atom. The monoisotopic (exact) mass is 447 g/mol. The van der Waals surface area contributed by atoms with Crippen molar-refractivity contribution in [3.63, 3.8) is 0 Å². The molecular weight excluding hydrogens is 422 g/mol. The molecule has 0 bridgehead atoms. The number of benzene rings is 1. The predicted octanol–water partition coefficient (Wildman–Crippen LogP) is 3.45. The second-order valence-corrected chi connectivity index (χ2v) is 8.13. The molecule has 33 heavy (non-hydrogen) atoms. The van der Waals surface area contributed by atoms with Crippen molar-refractivity contribution in [2.24, 2.45) is 0 Å². The van der Waals surface area contributed by atoms with Gasteiger partial charge in [0.25, 0.3) is 0 Å². The fourth-order valence-corrected chi connectivity index (χ4v) is 4.27. The molecule has 10 nitrogen and oxygen atoms in total. The fourth-order valence-electron chi connectivity index (χ4n) is 4.27. The Bertz CT molecular complexity index is 1120. The summed E-state index contributed by atoms with van der Waals surface area (Å²) in [6.07, 6.45) is 5.77. The van der Waals surface area contributed by atoms with Gasteiger partial charge in [-0.15, -0.1) is 0 Å². The molecule has 1 fully saturated rings. The van der Waals surface area contributed by atoms with E-state index >= 15 is 0 Å². The third-order valence-electron chi connectivity index (χ3n) is 5.90. The standard InChI is InChI=1S/C23H25N7O3/c31-23(32)27-17-8-6-16(7-9-17)26-22-24-11-10-19(28-22)30-12-13-33-18-14-25-20(29-21(18)30)15-4-2-1-3-5-15/h1-5,10-11,14,16-17,27H,6-9,12-13H2,(H,31,32)(H,24,26,28). The Hall–Kier alpha value is -3.95. The summed E-state index contributed by atoms with van der Waals surface area (Å²) in [6.45, 7) is 1.12. The van der Waals surface area contributed by atoms with Crippen molar-refractivity contribution in [3.05, 3.63) is 48.8 Å². The van der Waals surface area contributed by atoms with E-state index < -0.39 is 6.09 Å². The smallest absolute Gasteiger partial charge is 0.404 e. The van der Waals surface area contributed by atoms with Crippen LogP contribution in [-0.2, 0) is 0 Å². The largest absolute Gasteiger partial charge is 0.486 e. The number of fused-ring (bicyclic) bond motifs is 1. The summed E-state index contributed by atoms with van der Waals surface area (Å²) in [7, 11) is 0. The van der Waals surface area contributed by atoms with Crippen LogP contribution >= 0.6 is 0 Å². The number of carboxylic acid groups (broad SMARTS) is 1. The SMILES string of the molecule is O=C(O)NC1CCC(Nc2nccc(N3CCOc4cnc(-c5ccccc5)nc43)n2)CC1. The number of nitrogens with one attached hydrogen (secondary N) is 2. The average molecular weight is 447 g/mol. The molecule has 3 N–H and O–H groups in total. The Morgan fingerprint density at radius 1 is 1.03 bits per heavy atom. The number of rotatable bonds is 5. The van der Waals surface area contributed by atoms with E-state index in [1.807, 2.05) is 41.3 Å². The van der Waals surface area contributed by atoms with Gasteiger partial charge in [-0.3, -0.25) is 0 Å². The second-order valence-electron chi connectivity index (χ2n) is 8.13. The number of anilines is 3. The van der Waals surface area contributed by atoms with E-state index in [0.717, 1.165) is 37.1 Å². The molecule has 5 rings (SSSR count). The van der Waals surface area contributed by atoms with Gasteiger partial charge in [0.1, 0.15) is 12.4 Å². The molecule has 0 atom stereocenters. The first-order chi connectivity index (χ1) is 16.2. The van der Waals surface area contributed by atoms with E-state index in [9.17, 15) is 4.79 Å². The van der Waals surface area contributed by atoms with Crippen LogP contribution in [0.5, 0.6) is 5.75 Å². The third kappa shape index (κ3) is 4.79. The van der Waals surface area contributed by atoms with Crippen LogP contribution in [0.4, 0.5) is 22.4 Å². The Morgan fingerprint density at radius 3 is 2.61 bits per heavy atom. The van der Waals surface area contributed by atoms with Crippen molar-refractivity contribution in [2.75, 3.05) is 23.4 Å². The van der Waals surface area contributed by atoms with Crippen molar-refractivity contribution in [2.45, 2.75) is 37.8 Å². The molecule has 3 aromatic rings. The molecule has 0 unspecified atom stereocenters. The maximum absolute atomic E-state index is 10.8. The van der Waals surface area contributed by atoms with Gasteiger partial charge in [-0.25, -0.2) is 19.7 Å². The van der Waals surface area contributed by atoms with Crippen molar-refractivity contribution >= 4 is 23.7 Å². The van der Waals surface area contributed by atoms with Gasteiger partial charge in [-0.2, -0.15) is 4.98 Å². The number of hydrogen-bond acceptors (Lipinski definition) is 8. The van der Waals surface area contributed by atoms with Crippen molar-refractivity contribution in [3.8, 4) is 17.1 Å². The van der Waals surface area contributed by atoms with Gasteiger partial charge in [-0.05, 0) is 31.7 Å². The molecule has 1 aliphatic carbocycles. The minimum atomic E-state index is -0.965. The van der Waals surface area contributed by atoms with Gasteiger partial charge in [0, 0.05) is 23.8 Å². The maximum Gasteiger partial charge on any atom is 0.404 e. The van der Waals surface area contributed by atoms with Crippen LogP contribution in [0.1, 0.15) is 25.7 Å². The molecule has 170 valence electrons. The van der Waals surface area contributed by atoms with Gasteiger partial charge >= 0.3 is 6.09 Å². The molecule has 2 aromatic heterocycles. The molecule has 10 heteroatoms. The van der Waals surface area contributed by atoms with E-state index in [-0.39, 0.29) is 12.1 Å². The minimum Gasteiger partial charge on any atom is -0.486 e. The van der Waals surface area contributed by atoms with Crippen LogP contribution in [-0.4, -0.2) is 56.4 Å². The number of amides is 1. The topological polar surface area (TPSA) is 125 Å². The molecule has 1 amide bonds. The highest BCUT2D eigenvalue weighted by atomic mass is 16.5. The minimum absolute atomic E-state index is 0.0103. The molecule has 0 saturated heterocycles. The van der Waals surface area contributed by atoms with E-state index in [1.54, 1.807) is 12.4 Å². The predicted molar refractivity (Wildman–Crippen MR) is 123 cm³/mol. The highest BCUT2D eigenvalue weighted by molar-refractivity contribution is 5.67. The Balaban J connectivity index is 1.33. The fraction of sp³-hybridized carbons (Fsp3) is 0.348. The van der Waals surface area contributed by atoms with Crippen LogP contribution in [0.3, 0.4) is 0 Å². The van der Waals surface area contributed by atoms with E-state index in [0.29, 0.717) is 36.5 Å². The molecule has 1 aliphatic heterocycles. The summed E-state index contributed by atoms with van der Waals surface area (Å²) in [5, 5.41) is 14.9. The van der Waals surface area contributed by atoms with E-state index in [2.05, 4.69) is 20.6 Å². The van der Waals surface area contributed by atoms with Crippen LogP contribution in [0.15, 0.2) is 48.8 Å². The lowest BCUT2D eigenvalue weighted by atomic mass is 9.91. The van der Waals surface area contributed by atoms with Crippen LogP contribution in [0.25, 0.3) is 11.4 Å². The molecular formula is C23H25N7O3. The lowest BCUT2D eigenvalue weighted by Crippen LogP contribution is -2.39. The third-order valence-corrected chi connectivity index (χ3v) is 5.90. The number of hydrogen-bond donors (Lipinski definition) is 3. The molecule has 0 radical (unpaired) electrons. The number of ether oxygens (including phenoxy) is 1. The van der Waals surface area contributed by atoms with E-state index in [1.165, 1.54) is 0 Å². The second kappa shape index (κ2) is 9.27. The number of nitrogens with zero attached hydrogens (tertiary/aromatic N) is 5. The summed E-state index contributed by atoms with van der Waals surface area (Å²) in [4.78, 5) is 31.2.